The van der Waals surface area contributed by atoms with Gasteiger partial charge in [0.2, 0.25) is 0 Å². The van der Waals surface area contributed by atoms with E-state index in [4.69, 9.17) is 18.1 Å². The van der Waals surface area contributed by atoms with Gasteiger partial charge in [-0.15, -0.1) is 0 Å². The fourth-order valence-electron chi connectivity index (χ4n) is 1.18. The number of hydrogen-bond acceptors (Lipinski definition) is 3. The minimum atomic E-state index is 0.493. The van der Waals surface area contributed by atoms with Gasteiger partial charge in [0.25, 0.3) is 0 Å². The zero-order chi connectivity index (χ0) is 8.10. The molecule has 1 fully saturated rings. The van der Waals surface area contributed by atoms with Crippen molar-refractivity contribution in [1.82, 2.24) is 15.9 Å². The fraction of sp³-hybridized carbons (Fsp3) is 0.833. The molecule has 0 spiro atoms. The summed E-state index contributed by atoms with van der Waals surface area (Å²) in [4.78, 5) is 0. The molecule has 0 aliphatic carbocycles. The Morgan fingerprint density at radius 2 is 1.91 bits per heavy atom. The van der Waals surface area contributed by atoms with Crippen molar-refractivity contribution in [3.05, 3.63) is 0 Å². The Morgan fingerprint density at radius 1 is 1.27 bits per heavy atom. The molecule has 1 aliphatic rings. The lowest BCUT2D eigenvalue weighted by molar-refractivity contribution is 0.193. The van der Waals surface area contributed by atoms with E-state index in [0.29, 0.717) is 5.11 Å². The van der Waals surface area contributed by atoms with Gasteiger partial charge in [-0.05, 0) is 25.1 Å². The molecule has 1 saturated heterocycles. The lowest BCUT2D eigenvalue weighted by atomic mass is 10.2. The van der Waals surface area contributed by atoms with Crippen molar-refractivity contribution in [3.8, 4) is 0 Å². The summed E-state index contributed by atoms with van der Waals surface area (Å²) in [6.45, 7) is 2.11. The van der Waals surface area contributed by atoms with Gasteiger partial charge in [0.15, 0.2) is 5.11 Å². The van der Waals surface area contributed by atoms with Gasteiger partial charge >= 0.3 is 0 Å². The Hall–Kier alpha value is -0.390. The zero-order valence-corrected chi connectivity index (χ0v) is 7.28. The number of hydrazine groups is 2. The second-order valence-corrected chi connectivity index (χ2v) is 3.04. The first-order chi connectivity index (χ1) is 5.33. The third kappa shape index (κ3) is 3.00. The Morgan fingerprint density at radius 3 is 2.45 bits per heavy atom. The summed E-state index contributed by atoms with van der Waals surface area (Å²) >= 11 is 4.85. The van der Waals surface area contributed by atoms with Crippen LogP contribution in [0.4, 0.5) is 0 Å². The number of piperidine rings is 1. The van der Waals surface area contributed by atoms with E-state index < -0.39 is 0 Å². The van der Waals surface area contributed by atoms with Gasteiger partial charge in [0.1, 0.15) is 0 Å². The van der Waals surface area contributed by atoms with E-state index in [9.17, 15) is 0 Å². The summed E-state index contributed by atoms with van der Waals surface area (Å²) in [6.07, 6.45) is 3.79. The molecule has 1 rings (SSSR count). The molecule has 4 N–H and O–H groups in total. The first-order valence-corrected chi connectivity index (χ1v) is 4.26. The quantitative estimate of drug-likeness (QED) is 0.290. The van der Waals surface area contributed by atoms with E-state index in [0.717, 1.165) is 13.1 Å². The van der Waals surface area contributed by atoms with Crippen LogP contribution in [0.2, 0.25) is 0 Å². The Labute approximate surface area is 72.1 Å². The van der Waals surface area contributed by atoms with Gasteiger partial charge in [0, 0.05) is 13.1 Å². The zero-order valence-electron chi connectivity index (χ0n) is 6.47. The second kappa shape index (κ2) is 4.48. The van der Waals surface area contributed by atoms with Crippen molar-refractivity contribution in [2.75, 3.05) is 13.1 Å². The topological polar surface area (TPSA) is 53.3 Å². The molecule has 4 nitrogen and oxygen atoms in total. The highest BCUT2D eigenvalue weighted by molar-refractivity contribution is 7.80. The molecular formula is C6H14N4S. The first-order valence-electron chi connectivity index (χ1n) is 3.85. The van der Waals surface area contributed by atoms with Crippen LogP contribution < -0.4 is 16.7 Å². The molecule has 0 radical (unpaired) electrons. The highest BCUT2D eigenvalue weighted by Gasteiger charge is 2.09. The normalized spacial score (nSPS) is 19.4. The summed E-state index contributed by atoms with van der Waals surface area (Å²) in [5.74, 6) is 5.11. The van der Waals surface area contributed by atoms with Crippen LogP contribution in [0.5, 0.6) is 0 Å². The molecule has 0 saturated carbocycles. The number of nitrogens with two attached hydrogens (primary N) is 1. The third-order valence-electron chi connectivity index (χ3n) is 1.75. The van der Waals surface area contributed by atoms with Crippen molar-refractivity contribution >= 4 is 17.3 Å². The smallest absolute Gasteiger partial charge is 0.195 e. The fourth-order valence-corrected chi connectivity index (χ4v) is 1.31. The largest absolute Gasteiger partial charge is 0.300 e. The van der Waals surface area contributed by atoms with Crippen molar-refractivity contribution in [2.45, 2.75) is 19.3 Å². The van der Waals surface area contributed by atoms with E-state index >= 15 is 0 Å². The Kier molecular flexibility index (Phi) is 3.55. The number of thiocarbonyl (C=S) groups is 1. The maximum Gasteiger partial charge on any atom is 0.195 e. The average Bonchev–Trinajstić information content (AvgIpc) is 2.06. The van der Waals surface area contributed by atoms with E-state index in [1.165, 1.54) is 19.3 Å². The highest BCUT2D eigenvalue weighted by Crippen LogP contribution is 2.05. The molecule has 0 amide bonds. The lowest BCUT2D eigenvalue weighted by Gasteiger charge is -2.27. The molecule has 0 unspecified atom stereocenters. The van der Waals surface area contributed by atoms with E-state index in [2.05, 4.69) is 15.9 Å². The number of nitrogens with one attached hydrogen (secondary N) is 2. The predicted octanol–water partition coefficient (Wildman–Crippen LogP) is -0.275. The van der Waals surface area contributed by atoms with Gasteiger partial charge in [-0.2, -0.15) is 0 Å². The van der Waals surface area contributed by atoms with Crippen molar-refractivity contribution in [2.24, 2.45) is 5.84 Å². The maximum absolute atomic E-state index is 5.11. The molecule has 0 aromatic rings. The molecular weight excluding hydrogens is 160 g/mol. The minimum absolute atomic E-state index is 0.493. The standard InChI is InChI=1S/C6H14N4S/c7-8-6(11)9-10-4-2-1-3-5-10/h1-5,7H2,(H2,8,9,11). The van der Waals surface area contributed by atoms with Gasteiger partial charge in [-0.25, -0.2) is 10.9 Å². The third-order valence-corrected chi connectivity index (χ3v) is 1.96. The molecule has 0 aromatic carbocycles. The van der Waals surface area contributed by atoms with Crippen LogP contribution in [-0.4, -0.2) is 23.2 Å². The summed E-state index contributed by atoms with van der Waals surface area (Å²) in [5.41, 5.74) is 5.39. The maximum atomic E-state index is 5.11. The minimum Gasteiger partial charge on any atom is -0.300 e. The molecule has 0 atom stereocenters. The summed E-state index contributed by atoms with van der Waals surface area (Å²) < 4.78 is 0. The van der Waals surface area contributed by atoms with Crippen LogP contribution in [0.15, 0.2) is 0 Å². The average molecular weight is 174 g/mol. The molecule has 0 aromatic heterocycles. The molecule has 0 bridgehead atoms. The van der Waals surface area contributed by atoms with Crippen LogP contribution in [0.25, 0.3) is 0 Å². The van der Waals surface area contributed by atoms with E-state index in [1.807, 2.05) is 0 Å². The van der Waals surface area contributed by atoms with Crippen molar-refractivity contribution in [3.63, 3.8) is 0 Å². The number of nitrogens with zero attached hydrogens (tertiary/aromatic N) is 1. The summed E-state index contributed by atoms with van der Waals surface area (Å²) in [5, 5.41) is 2.58. The van der Waals surface area contributed by atoms with Crippen LogP contribution >= 0.6 is 12.2 Å². The van der Waals surface area contributed by atoms with E-state index in [1.54, 1.807) is 0 Å². The highest BCUT2D eigenvalue weighted by atomic mass is 32.1. The second-order valence-electron chi connectivity index (χ2n) is 2.63. The van der Waals surface area contributed by atoms with Gasteiger partial charge < -0.3 is 0 Å². The number of rotatable bonds is 1. The Balaban J connectivity index is 2.19. The van der Waals surface area contributed by atoms with Gasteiger partial charge in [-0.3, -0.25) is 10.9 Å². The lowest BCUT2D eigenvalue weighted by Crippen LogP contribution is -2.50. The van der Waals surface area contributed by atoms with Crippen LogP contribution in [0, 0.1) is 0 Å². The molecule has 5 heteroatoms. The monoisotopic (exact) mass is 174 g/mol. The van der Waals surface area contributed by atoms with E-state index in [-0.39, 0.29) is 0 Å². The van der Waals surface area contributed by atoms with Gasteiger partial charge in [-0.1, -0.05) is 6.42 Å². The van der Waals surface area contributed by atoms with Crippen molar-refractivity contribution < 1.29 is 0 Å². The molecule has 1 aliphatic heterocycles. The molecule has 11 heavy (non-hydrogen) atoms. The molecule has 64 valence electrons. The first kappa shape index (κ1) is 8.70. The van der Waals surface area contributed by atoms with Crippen LogP contribution in [-0.2, 0) is 0 Å². The predicted molar refractivity (Wildman–Crippen MR) is 48.5 cm³/mol. The molecule has 1 heterocycles. The SMILES string of the molecule is NNC(=S)NN1CCCCC1. The summed E-state index contributed by atoms with van der Waals surface area (Å²) in [6, 6.07) is 0. The van der Waals surface area contributed by atoms with Crippen LogP contribution in [0.3, 0.4) is 0 Å². The van der Waals surface area contributed by atoms with Gasteiger partial charge in [0.05, 0.1) is 0 Å². The Bertz CT molecular complexity index is 133. The summed E-state index contributed by atoms with van der Waals surface area (Å²) in [7, 11) is 0. The van der Waals surface area contributed by atoms with Crippen LogP contribution in [0.1, 0.15) is 19.3 Å². The van der Waals surface area contributed by atoms with Crippen molar-refractivity contribution in [1.29, 1.82) is 0 Å². The number of hydrogen-bond donors (Lipinski definition) is 3.